The molecule has 0 rings (SSSR count). The fourth-order valence-electron chi connectivity index (χ4n) is 0. The first-order chi connectivity index (χ1) is 2.27. The molecule has 6 heavy (non-hydrogen) atoms. The molecule has 2 atom stereocenters. The molecule has 0 fully saturated rings. The predicted molar refractivity (Wildman–Crippen MR) is 29.5 cm³/mol. The predicted octanol–water partition coefficient (Wildman–Crippen LogP) is 1.66. The molecule has 0 aromatic carbocycles. The van der Waals surface area contributed by atoms with Crippen LogP contribution in [-0.4, -0.2) is 5.66 Å². The Labute approximate surface area is 73.1 Å². The number of rotatable bonds is 1. The summed E-state index contributed by atoms with van der Waals surface area (Å²) in [5.41, 5.74) is 0.801. The van der Waals surface area contributed by atoms with Crippen LogP contribution in [0.4, 0.5) is 0 Å². The first-order valence-electron chi connectivity index (χ1n) is 2.03. The average Bonchev–Trinajstić information content (AvgIpc) is 1.38. The first-order valence-corrected chi connectivity index (χ1v) is 2.69. The second kappa shape index (κ2) is 6.72. The molecule has 0 aliphatic heterocycles. The van der Waals surface area contributed by atoms with E-state index in [0.717, 1.165) is 5.66 Å². The zero-order valence-corrected chi connectivity index (χ0v) is 7.49. The van der Waals surface area contributed by atoms with Crippen LogP contribution in [0.15, 0.2) is 0 Å². The maximum absolute atomic E-state index is 2.73. The SMILES string of the molecule is CCC(C)P.[Tb]. The molecular formula is C4H11PTb. The Kier molecular flexibility index (Phi) is 11.9. The van der Waals surface area contributed by atoms with E-state index in [1.54, 1.807) is 0 Å². The van der Waals surface area contributed by atoms with E-state index in [-0.39, 0.29) is 38.6 Å². The molecule has 0 aromatic rings. The van der Waals surface area contributed by atoms with Crippen molar-refractivity contribution >= 4 is 9.24 Å². The van der Waals surface area contributed by atoms with Gasteiger partial charge in [0.05, 0.1) is 0 Å². The van der Waals surface area contributed by atoms with Gasteiger partial charge in [-0.3, -0.25) is 0 Å². The molecular weight excluding hydrogens is 238 g/mol. The van der Waals surface area contributed by atoms with E-state index >= 15 is 0 Å². The molecule has 0 saturated heterocycles. The first kappa shape index (κ1) is 10.7. The van der Waals surface area contributed by atoms with Crippen LogP contribution in [0.5, 0.6) is 0 Å². The fraction of sp³-hybridized carbons (Fsp3) is 1.00. The van der Waals surface area contributed by atoms with Crippen molar-refractivity contribution in [2.75, 3.05) is 0 Å². The summed E-state index contributed by atoms with van der Waals surface area (Å²) in [5.74, 6) is 0. The van der Waals surface area contributed by atoms with Crippen LogP contribution in [0.2, 0.25) is 0 Å². The molecule has 0 aromatic heterocycles. The van der Waals surface area contributed by atoms with Crippen LogP contribution >= 0.6 is 9.24 Å². The van der Waals surface area contributed by atoms with E-state index in [4.69, 9.17) is 0 Å². The molecule has 2 heteroatoms. The zero-order chi connectivity index (χ0) is 4.28. The van der Waals surface area contributed by atoms with E-state index in [9.17, 15) is 0 Å². The van der Waals surface area contributed by atoms with Crippen molar-refractivity contribution in [1.82, 2.24) is 0 Å². The molecule has 0 bridgehead atoms. The van der Waals surface area contributed by atoms with Crippen LogP contribution < -0.4 is 0 Å². The minimum atomic E-state index is 0. The Morgan fingerprint density at radius 1 is 1.67 bits per heavy atom. The van der Waals surface area contributed by atoms with Gasteiger partial charge in [0.15, 0.2) is 0 Å². The molecule has 0 aliphatic carbocycles. The second-order valence-corrected chi connectivity index (χ2v) is 2.52. The van der Waals surface area contributed by atoms with Crippen molar-refractivity contribution in [1.29, 1.82) is 0 Å². The zero-order valence-electron chi connectivity index (χ0n) is 4.20. The van der Waals surface area contributed by atoms with Gasteiger partial charge in [-0.15, -0.1) is 9.24 Å². The van der Waals surface area contributed by atoms with Crippen LogP contribution in [0.3, 0.4) is 0 Å². The summed E-state index contributed by atoms with van der Waals surface area (Å²) in [6, 6.07) is 0. The topological polar surface area (TPSA) is 0 Å². The second-order valence-electron chi connectivity index (χ2n) is 1.39. The molecule has 0 N–H and O–H groups in total. The van der Waals surface area contributed by atoms with Crippen molar-refractivity contribution in [3.63, 3.8) is 0 Å². The van der Waals surface area contributed by atoms with Crippen LogP contribution in [0, 0.1) is 38.6 Å². The molecule has 0 aliphatic rings. The molecule has 0 saturated carbocycles. The largest absolute Gasteiger partial charge is 0.135 e. The smallest absolute Gasteiger partial charge is 0 e. The van der Waals surface area contributed by atoms with Crippen molar-refractivity contribution in [3.05, 3.63) is 0 Å². The Bertz CT molecular complexity index is 21.5. The summed E-state index contributed by atoms with van der Waals surface area (Å²) in [6.07, 6.45) is 1.27. The monoisotopic (exact) mass is 249 g/mol. The Morgan fingerprint density at radius 2 is 1.83 bits per heavy atom. The maximum Gasteiger partial charge on any atom is 0 e. The van der Waals surface area contributed by atoms with Crippen LogP contribution in [0.25, 0.3) is 0 Å². The molecule has 41 valence electrons. The Morgan fingerprint density at radius 3 is 1.83 bits per heavy atom. The van der Waals surface area contributed by atoms with Gasteiger partial charge in [-0.1, -0.05) is 20.3 Å². The summed E-state index contributed by atoms with van der Waals surface area (Å²) in [6.45, 7) is 4.36. The van der Waals surface area contributed by atoms with Gasteiger partial charge in [0.1, 0.15) is 0 Å². The third kappa shape index (κ3) is 9.21. The normalized spacial score (nSPS) is 12.5. The van der Waals surface area contributed by atoms with E-state index in [2.05, 4.69) is 23.1 Å². The average molecular weight is 249 g/mol. The van der Waals surface area contributed by atoms with Crippen molar-refractivity contribution < 1.29 is 38.6 Å². The fourth-order valence-corrected chi connectivity index (χ4v) is 0. The summed E-state index contributed by atoms with van der Waals surface area (Å²) >= 11 is 0. The van der Waals surface area contributed by atoms with Gasteiger partial charge in [-0.05, 0) is 5.66 Å². The van der Waals surface area contributed by atoms with Gasteiger partial charge in [-0.2, -0.15) is 0 Å². The molecule has 0 spiro atoms. The number of hydrogen-bond acceptors (Lipinski definition) is 0. The Hall–Kier alpha value is 1.72. The van der Waals surface area contributed by atoms with Gasteiger partial charge in [0, 0.05) is 38.6 Å². The van der Waals surface area contributed by atoms with Gasteiger partial charge in [-0.25, -0.2) is 0 Å². The molecule has 0 amide bonds. The van der Waals surface area contributed by atoms with E-state index in [1.165, 1.54) is 6.42 Å². The standard InChI is InChI=1S/C4H11P.Tb/c1-3-4(2)5;/h4H,3,5H2,1-2H3;. The van der Waals surface area contributed by atoms with Gasteiger partial charge in [0.2, 0.25) is 0 Å². The molecule has 0 nitrogen and oxygen atoms in total. The maximum atomic E-state index is 2.73. The molecule has 1 radical (unpaired) electrons. The third-order valence-electron chi connectivity index (χ3n) is 0.644. The van der Waals surface area contributed by atoms with E-state index < -0.39 is 0 Å². The summed E-state index contributed by atoms with van der Waals surface area (Å²) < 4.78 is 0. The quantitative estimate of drug-likeness (QED) is 0.620. The summed E-state index contributed by atoms with van der Waals surface area (Å²) in [4.78, 5) is 0. The van der Waals surface area contributed by atoms with E-state index in [0.29, 0.717) is 0 Å². The Balaban J connectivity index is 0. The minimum absolute atomic E-state index is 0. The van der Waals surface area contributed by atoms with E-state index in [1.807, 2.05) is 0 Å². The number of hydrogen-bond donors (Lipinski definition) is 0. The van der Waals surface area contributed by atoms with Crippen molar-refractivity contribution in [2.45, 2.75) is 25.9 Å². The summed E-state index contributed by atoms with van der Waals surface area (Å²) in [7, 11) is 2.73. The van der Waals surface area contributed by atoms with Crippen molar-refractivity contribution in [2.24, 2.45) is 0 Å². The molecule has 0 heterocycles. The van der Waals surface area contributed by atoms with Crippen LogP contribution in [-0.2, 0) is 0 Å². The van der Waals surface area contributed by atoms with Crippen molar-refractivity contribution in [3.8, 4) is 0 Å². The van der Waals surface area contributed by atoms with Crippen LogP contribution in [0.1, 0.15) is 20.3 Å². The van der Waals surface area contributed by atoms with Gasteiger partial charge in [0.25, 0.3) is 0 Å². The minimum Gasteiger partial charge on any atom is -0.135 e. The molecule has 2 unspecified atom stereocenters. The van der Waals surface area contributed by atoms with Gasteiger partial charge >= 0.3 is 0 Å². The third-order valence-corrected chi connectivity index (χ3v) is 1.12. The summed E-state index contributed by atoms with van der Waals surface area (Å²) in [5, 5.41) is 0. The van der Waals surface area contributed by atoms with Gasteiger partial charge < -0.3 is 0 Å².